The maximum Gasteiger partial charge on any atom is 0.343 e. The van der Waals surface area contributed by atoms with Gasteiger partial charge in [0.2, 0.25) is 0 Å². The molecule has 3 aromatic rings. The number of carbonyl (C=O) groups is 2. The molecular weight excluding hydrogens is 356 g/mol. The Balaban J connectivity index is 1.60. The van der Waals surface area contributed by atoms with Crippen molar-refractivity contribution in [3.8, 4) is 17.2 Å². The highest BCUT2D eigenvalue weighted by atomic mass is 16.5. The van der Waals surface area contributed by atoms with Crippen molar-refractivity contribution >= 4 is 11.8 Å². The molecule has 0 radical (unpaired) electrons. The van der Waals surface area contributed by atoms with E-state index in [-0.39, 0.29) is 5.78 Å². The molecule has 0 bridgehead atoms. The van der Waals surface area contributed by atoms with Crippen molar-refractivity contribution in [2.24, 2.45) is 0 Å². The van der Waals surface area contributed by atoms with Crippen molar-refractivity contribution in [1.82, 2.24) is 0 Å². The minimum Gasteiger partial charge on any atom is -0.493 e. The molecule has 0 aliphatic heterocycles. The molecule has 0 amide bonds. The molecule has 0 fully saturated rings. The zero-order chi connectivity index (χ0) is 19.9. The number of methoxy groups -OCH3 is 1. The lowest BCUT2D eigenvalue weighted by molar-refractivity contribution is 0.0734. The zero-order valence-corrected chi connectivity index (χ0v) is 15.7. The molecule has 0 aliphatic carbocycles. The Hall–Kier alpha value is -3.60. The second-order valence-corrected chi connectivity index (χ2v) is 6.11. The van der Waals surface area contributed by atoms with Crippen LogP contribution >= 0.6 is 0 Å². The van der Waals surface area contributed by atoms with Crippen LogP contribution in [-0.4, -0.2) is 18.9 Å². The van der Waals surface area contributed by atoms with E-state index in [1.54, 1.807) is 43.5 Å². The van der Waals surface area contributed by atoms with Crippen LogP contribution in [0, 0.1) is 0 Å². The molecule has 0 atom stereocenters. The second-order valence-electron chi connectivity index (χ2n) is 6.11. The normalized spacial score (nSPS) is 10.2. The molecular formula is C23H20O5. The summed E-state index contributed by atoms with van der Waals surface area (Å²) < 4.78 is 16.4. The molecule has 142 valence electrons. The number of hydrogen-bond acceptors (Lipinski definition) is 5. The maximum atomic E-state index is 12.3. The van der Waals surface area contributed by atoms with Crippen LogP contribution < -0.4 is 14.2 Å². The number of para-hydroxylation sites is 2. The molecule has 0 aromatic heterocycles. The van der Waals surface area contributed by atoms with Gasteiger partial charge in [-0.15, -0.1) is 0 Å². The van der Waals surface area contributed by atoms with E-state index in [0.717, 1.165) is 5.56 Å². The number of carbonyl (C=O) groups excluding carboxylic acids is 2. The first-order chi connectivity index (χ1) is 13.6. The van der Waals surface area contributed by atoms with Gasteiger partial charge in [-0.25, -0.2) is 4.79 Å². The van der Waals surface area contributed by atoms with E-state index in [1.165, 1.54) is 6.92 Å². The average Bonchev–Trinajstić information content (AvgIpc) is 2.73. The highest BCUT2D eigenvalue weighted by molar-refractivity contribution is 5.94. The largest absolute Gasteiger partial charge is 0.493 e. The monoisotopic (exact) mass is 376 g/mol. The first-order valence-corrected chi connectivity index (χ1v) is 8.75. The summed E-state index contributed by atoms with van der Waals surface area (Å²) in [6, 6.07) is 20.9. The van der Waals surface area contributed by atoms with Crippen LogP contribution in [0.4, 0.5) is 0 Å². The molecule has 0 saturated carbocycles. The van der Waals surface area contributed by atoms with Gasteiger partial charge in [-0.1, -0.05) is 24.3 Å². The van der Waals surface area contributed by atoms with Gasteiger partial charge in [0.25, 0.3) is 0 Å². The Morgan fingerprint density at radius 2 is 1.39 bits per heavy atom. The van der Waals surface area contributed by atoms with E-state index in [4.69, 9.17) is 14.2 Å². The Kier molecular flexibility index (Phi) is 6.07. The molecule has 0 heterocycles. The predicted molar refractivity (Wildman–Crippen MR) is 105 cm³/mol. The molecule has 0 saturated heterocycles. The first kappa shape index (κ1) is 19.2. The van der Waals surface area contributed by atoms with Crippen LogP contribution in [0.5, 0.6) is 17.2 Å². The van der Waals surface area contributed by atoms with Gasteiger partial charge in [0.1, 0.15) is 12.4 Å². The third kappa shape index (κ3) is 4.76. The number of Topliss-reactive ketones (excluding diaryl/α,β-unsaturated/α-hetero) is 1. The Labute approximate surface area is 163 Å². The van der Waals surface area contributed by atoms with Crippen molar-refractivity contribution < 1.29 is 23.8 Å². The highest BCUT2D eigenvalue weighted by Gasteiger charge is 2.10. The van der Waals surface area contributed by atoms with Crippen molar-refractivity contribution in [1.29, 1.82) is 0 Å². The summed E-state index contributed by atoms with van der Waals surface area (Å²) in [6.07, 6.45) is 0. The van der Waals surface area contributed by atoms with Crippen LogP contribution in [0.2, 0.25) is 0 Å². The van der Waals surface area contributed by atoms with Gasteiger partial charge in [-0.3, -0.25) is 4.79 Å². The molecule has 28 heavy (non-hydrogen) atoms. The molecule has 3 aromatic carbocycles. The fourth-order valence-corrected chi connectivity index (χ4v) is 2.56. The second kappa shape index (κ2) is 8.86. The van der Waals surface area contributed by atoms with E-state index in [1.807, 2.05) is 36.4 Å². The summed E-state index contributed by atoms with van der Waals surface area (Å²) in [4.78, 5) is 23.6. The Bertz CT molecular complexity index is 959. The molecule has 5 nitrogen and oxygen atoms in total. The summed E-state index contributed by atoms with van der Waals surface area (Å²) in [7, 11) is 1.59. The SMILES string of the molecule is COc1ccccc1OCc1ccc(C(=O)Oc2ccc(C(C)=O)cc2)cc1. The lowest BCUT2D eigenvalue weighted by Crippen LogP contribution is -2.09. The van der Waals surface area contributed by atoms with Crippen LogP contribution in [0.1, 0.15) is 33.2 Å². The van der Waals surface area contributed by atoms with Gasteiger partial charge in [-0.05, 0) is 61.0 Å². The van der Waals surface area contributed by atoms with Gasteiger partial charge in [-0.2, -0.15) is 0 Å². The number of ether oxygens (including phenoxy) is 3. The quantitative estimate of drug-likeness (QED) is 0.340. The van der Waals surface area contributed by atoms with Crippen molar-refractivity contribution in [3.05, 3.63) is 89.5 Å². The van der Waals surface area contributed by atoms with E-state index >= 15 is 0 Å². The number of esters is 1. The lowest BCUT2D eigenvalue weighted by Gasteiger charge is -2.10. The summed E-state index contributed by atoms with van der Waals surface area (Å²) in [6.45, 7) is 1.84. The molecule has 0 aliphatic rings. The van der Waals surface area contributed by atoms with E-state index in [0.29, 0.717) is 35.0 Å². The lowest BCUT2D eigenvalue weighted by atomic mass is 10.1. The number of benzene rings is 3. The maximum absolute atomic E-state index is 12.3. The number of ketones is 1. The van der Waals surface area contributed by atoms with E-state index in [2.05, 4.69) is 0 Å². The first-order valence-electron chi connectivity index (χ1n) is 8.75. The van der Waals surface area contributed by atoms with Gasteiger partial charge in [0, 0.05) is 5.56 Å². The predicted octanol–water partition coefficient (Wildman–Crippen LogP) is 4.70. The minimum atomic E-state index is -0.465. The smallest absolute Gasteiger partial charge is 0.343 e. The highest BCUT2D eigenvalue weighted by Crippen LogP contribution is 2.26. The van der Waals surface area contributed by atoms with Gasteiger partial charge < -0.3 is 14.2 Å². The number of rotatable bonds is 7. The van der Waals surface area contributed by atoms with Gasteiger partial charge in [0.05, 0.1) is 12.7 Å². The third-order valence-electron chi connectivity index (χ3n) is 4.12. The fourth-order valence-electron chi connectivity index (χ4n) is 2.56. The van der Waals surface area contributed by atoms with E-state index < -0.39 is 5.97 Å². The van der Waals surface area contributed by atoms with Crippen LogP contribution in [0.15, 0.2) is 72.8 Å². The topological polar surface area (TPSA) is 61.8 Å². The van der Waals surface area contributed by atoms with Crippen molar-refractivity contribution in [2.75, 3.05) is 7.11 Å². The standard InChI is InChI=1S/C23H20O5/c1-16(24)18-11-13-20(14-12-18)28-23(25)19-9-7-17(8-10-19)15-27-22-6-4-3-5-21(22)26-2/h3-14H,15H2,1-2H3. The summed E-state index contributed by atoms with van der Waals surface area (Å²) in [5, 5.41) is 0. The molecule has 0 N–H and O–H groups in total. The summed E-state index contributed by atoms with van der Waals surface area (Å²) in [5.41, 5.74) is 1.91. The van der Waals surface area contributed by atoms with Crippen molar-refractivity contribution in [2.45, 2.75) is 13.5 Å². The zero-order valence-electron chi connectivity index (χ0n) is 15.7. The van der Waals surface area contributed by atoms with Gasteiger partial charge >= 0.3 is 5.97 Å². The van der Waals surface area contributed by atoms with Crippen LogP contribution in [-0.2, 0) is 6.61 Å². The van der Waals surface area contributed by atoms with E-state index in [9.17, 15) is 9.59 Å². The van der Waals surface area contributed by atoms with Crippen LogP contribution in [0.25, 0.3) is 0 Å². The minimum absolute atomic E-state index is 0.0381. The van der Waals surface area contributed by atoms with Crippen LogP contribution in [0.3, 0.4) is 0 Å². The molecule has 5 heteroatoms. The molecule has 0 unspecified atom stereocenters. The van der Waals surface area contributed by atoms with Crippen molar-refractivity contribution in [3.63, 3.8) is 0 Å². The molecule has 0 spiro atoms. The Morgan fingerprint density at radius 3 is 2.00 bits per heavy atom. The summed E-state index contributed by atoms with van der Waals surface area (Å²) >= 11 is 0. The number of hydrogen-bond donors (Lipinski definition) is 0. The fraction of sp³-hybridized carbons (Fsp3) is 0.130. The molecule has 3 rings (SSSR count). The third-order valence-corrected chi connectivity index (χ3v) is 4.12. The summed E-state index contributed by atoms with van der Waals surface area (Å²) in [5.74, 6) is 1.20. The van der Waals surface area contributed by atoms with Gasteiger partial charge in [0.15, 0.2) is 17.3 Å². The Morgan fingerprint density at radius 1 is 0.786 bits per heavy atom. The average molecular weight is 376 g/mol.